The summed E-state index contributed by atoms with van der Waals surface area (Å²) in [7, 11) is 1.48. The average molecular weight is 454 g/mol. The summed E-state index contributed by atoms with van der Waals surface area (Å²) < 4.78 is 10.2. The second-order valence-corrected chi connectivity index (χ2v) is 5.34. The van der Waals surface area contributed by atoms with E-state index >= 15 is 0 Å². The molecule has 0 aliphatic rings. The summed E-state index contributed by atoms with van der Waals surface area (Å²) in [6.07, 6.45) is 5.70. The fraction of sp³-hybridized carbons (Fsp3) is 0.0556. The van der Waals surface area contributed by atoms with E-state index < -0.39 is 0 Å². The van der Waals surface area contributed by atoms with Crippen LogP contribution in [-0.2, 0) is 4.79 Å². The van der Waals surface area contributed by atoms with Crippen LogP contribution in [0.15, 0.2) is 48.0 Å². The van der Waals surface area contributed by atoms with Crippen LogP contribution in [0.4, 0.5) is 0 Å². The molecular formula is C18H15IO6. The maximum atomic E-state index is 11.3. The lowest BCUT2D eigenvalue weighted by Crippen LogP contribution is -1.91. The molecule has 25 heavy (non-hydrogen) atoms. The Labute approximate surface area is 158 Å². The molecule has 7 heteroatoms. The summed E-state index contributed by atoms with van der Waals surface area (Å²) in [5, 5.41) is 18.3. The minimum absolute atomic E-state index is 0.0358. The van der Waals surface area contributed by atoms with Crippen molar-refractivity contribution in [2.45, 2.75) is 0 Å². The van der Waals surface area contributed by atoms with Gasteiger partial charge in [0.05, 0.1) is 7.11 Å². The van der Waals surface area contributed by atoms with E-state index in [1.165, 1.54) is 19.2 Å². The number of benzene rings is 2. The van der Waals surface area contributed by atoms with Crippen molar-refractivity contribution in [3.05, 3.63) is 59.2 Å². The van der Waals surface area contributed by atoms with Crippen LogP contribution in [0.1, 0.15) is 11.1 Å². The molecule has 2 aromatic carbocycles. The van der Waals surface area contributed by atoms with Gasteiger partial charge < -0.3 is 17.8 Å². The van der Waals surface area contributed by atoms with Crippen molar-refractivity contribution in [3.63, 3.8) is 0 Å². The molecule has 130 valence electrons. The number of rotatable bonds is 7. The molecule has 0 heterocycles. The topological polar surface area (TPSA) is 85.2 Å². The van der Waals surface area contributed by atoms with Crippen LogP contribution >= 0.6 is 23.0 Å². The van der Waals surface area contributed by atoms with E-state index in [2.05, 4.69) is 4.89 Å². The second-order valence-electron chi connectivity index (χ2n) is 4.89. The van der Waals surface area contributed by atoms with Gasteiger partial charge >= 0.3 is 0 Å². The van der Waals surface area contributed by atoms with Gasteiger partial charge in [-0.1, -0.05) is 18.2 Å². The first-order chi connectivity index (χ1) is 12.1. The van der Waals surface area contributed by atoms with Crippen LogP contribution in [0.3, 0.4) is 0 Å². The predicted octanol–water partition coefficient (Wildman–Crippen LogP) is 4.28. The molecule has 0 aliphatic heterocycles. The monoisotopic (exact) mass is 454 g/mol. The van der Waals surface area contributed by atoms with Crippen molar-refractivity contribution in [3.8, 4) is 23.0 Å². The number of hydrogen-bond acceptors (Lipinski definition) is 6. The Bertz CT molecular complexity index is 813. The largest absolute Gasteiger partial charge is 0.504 e. The van der Waals surface area contributed by atoms with Crippen LogP contribution in [0.5, 0.6) is 23.0 Å². The third-order valence-corrected chi connectivity index (χ3v) is 3.78. The molecule has 0 unspecified atom stereocenters. The normalized spacial score (nSPS) is 11.4. The van der Waals surface area contributed by atoms with E-state index in [1.807, 2.05) is 0 Å². The highest BCUT2D eigenvalue weighted by molar-refractivity contribution is 14.1. The SMILES string of the molecule is COc1cc(OO)ccc1/C=C(C=O)/C=C/c1ccc(O)c(OI)c1. The summed E-state index contributed by atoms with van der Waals surface area (Å²) >= 11 is 1.68. The van der Waals surface area contributed by atoms with Gasteiger partial charge in [-0.25, -0.2) is 5.26 Å². The van der Waals surface area contributed by atoms with E-state index in [4.69, 9.17) is 13.1 Å². The molecule has 0 fully saturated rings. The lowest BCUT2D eigenvalue weighted by molar-refractivity contribution is -0.137. The first-order valence-corrected chi connectivity index (χ1v) is 7.95. The predicted molar refractivity (Wildman–Crippen MR) is 102 cm³/mol. The van der Waals surface area contributed by atoms with Crippen LogP contribution < -0.4 is 12.7 Å². The maximum Gasteiger partial charge on any atom is 0.192 e. The van der Waals surface area contributed by atoms with Crippen molar-refractivity contribution in [2.75, 3.05) is 7.11 Å². The molecule has 6 nitrogen and oxygen atoms in total. The van der Waals surface area contributed by atoms with E-state index in [-0.39, 0.29) is 11.5 Å². The molecule has 0 bridgehead atoms. The van der Waals surface area contributed by atoms with E-state index in [1.54, 1.807) is 65.5 Å². The first-order valence-electron chi connectivity index (χ1n) is 7.07. The third-order valence-electron chi connectivity index (χ3n) is 3.30. The molecule has 0 spiro atoms. The molecule has 0 saturated carbocycles. The van der Waals surface area contributed by atoms with Crippen molar-refractivity contribution in [1.29, 1.82) is 0 Å². The van der Waals surface area contributed by atoms with Gasteiger partial charge in [-0.3, -0.25) is 4.79 Å². The Morgan fingerprint density at radius 2 is 1.96 bits per heavy atom. The molecule has 2 rings (SSSR count). The molecule has 0 atom stereocenters. The highest BCUT2D eigenvalue weighted by Gasteiger charge is 2.05. The number of halogens is 1. The molecule has 0 amide bonds. The lowest BCUT2D eigenvalue weighted by Gasteiger charge is -2.06. The molecule has 0 saturated heterocycles. The van der Waals surface area contributed by atoms with Gasteiger partial charge in [-0.15, -0.1) is 0 Å². The number of allylic oxidation sites excluding steroid dienone is 2. The Balaban J connectivity index is 2.30. The van der Waals surface area contributed by atoms with Crippen molar-refractivity contribution in [1.82, 2.24) is 0 Å². The van der Waals surface area contributed by atoms with Crippen LogP contribution in [0, 0.1) is 0 Å². The summed E-state index contributed by atoms with van der Waals surface area (Å²) in [5.74, 6) is 1.05. The Morgan fingerprint density at radius 3 is 2.60 bits per heavy atom. The van der Waals surface area contributed by atoms with Crippen LogP contribution in [-0.4, -0.2) is 23.8 Å². The average Bonchev–Trinajstić information content (AvgIpc) is 2.66. The first kappa shape index (κ1) is 18.8. The van der Waals surface area contributed by atoms with Crippen molar-refractivity contribution in [2.24, 2.45) is 0 Å². The van der Waals surface area contributed by atoms with Gasteiger partial charge in [-0.2, -0.15) is 0 Å². The summed E-state index contributed by atoms with van der Waals surface area (Å²) in [4.78, 5) is 15.5. The number of carbonyl (C=O) groups excluding carboxylic acids is 1. The Kier molecular flexibility index (Phi) is 6.84. The number of phenols is 1. The van der Waals surface area contributed by atoms with E-state index in [0.717, 1.165) is 5.56 Å². The van der Waals surface area contributed by atoms with Gasteiger partial charge in [0, 0.05) is 17.2 Å². The van der Waals surface area contributed by atoms with Crippen LogP contribution in [0.25, 0.3) is 12.2 Å². The molecule has 2 aromatic rings. The standard InChI is InChI=1S/C18H15IO6/c1-23-17-10-15(25-22)6-5-14(17)8-13(11-20)3-2-12-4-7-16(21)18(9-12)24-19/h2-11,21-22H,1H3/b3-2+,13-8-. The van der Waals surface area contributed by atoms with Crippen molar-refractivity contribution < 1.29 is 27.8 Å². The fourth-order valence-electron chi connectivity index (χ4n) is 2.06. The smallest absolute Gasteiger partial charge is 0.192 e. The highest BCUT2D eigenvalue weighted by Crippen LogP contribution is 2.29. The molecule has 0 radical (unpaired) electrons. The lowest BCUT2D eigenvalue weighted by atomic mass is 10.1. The number of carbonyl (C=O) groups is 1. The van der Waals surface area contributed by atoms with Gasteiger partial charge in [0.2, 0.25) is 0 Å². The van der Waals surface area contributed by atoms with Gasteiger partial charge in [0.25, 0.3) is 0 Å². The molecular weight excluding hydrogens is 439 g/mol. The van der Waals surface area contributed by atoms with Gasteiger partial charge in [0.15, 0.2) is 40.3 Å². The van der Waals surface area contributed by atoms with Crippen molar-refractivity contribution >= 4 is 41.4 Å². The number of ether oxygens (including phenoxy) is 1. The fourth-order valence-corrected chi connectivity index (χ4v) is 2.41. The third kappa shape index (κ3) is 4.97. The summed E-state index contributed by atoms with van der Waals surface area (Å²) in [6.45, 7) is 0. The maximum absolute atomic E-state index is 11.3. The second kappa shape index (κ2) is 9.09. The molecule has 0 aromatic heterocycles. The Morgan fingerprint density at radius 1 is 1.16 bits per heavy atom. The minimum Gasteiger partial charge on any atom is -0.504 e. The number of methoxy groups -OCH3 is 1. The zero-order valence-electron chi connectivity index (χ0n) is 13.2. The van der Waals surface area contributed by atoms with Gasteiger partial charge in [0.1, 0.15) is 12.0 Å². The zero-order valence-corrected chi connectivity index (χ0v) is 15.3. The molecule has 0 aliphatic carbocycles. The summed E-state index contributed by atoms with van der Waals surface area (Å²) in [6, 6.07) is 9.56. The number of hydrogen-bond donors (Lipinski definition) is 2. The van der Waals surface area contributed by atoms with Crippen LogP contribution in [0.2, 0.25) is 0 Å². The Hall–Kier alpha value is -2.52. The summed E-state index contributed by atoms with van der Waals surface area (Å²) in [5.41, 5.74) is 1.81. The molecule has 2 N–H and O–H groups in total. The number of aldehydes is 1. The quantitative estimate of drug-likeness (QED) is 0.162. The number of phenolic OH excluding ortho intramolecular Hbond substituents is 1. The van der Waals surface area contributed by atoms with Gasteiger partial charge in [-0.05, 0) is 35.9 Å². The number of aromatic hydroxyl groups is 1. The zero-order chi connectivity index (χ0) is 18.2. The van der Waals surface area contributed by atoms with E-state index in [0.29, 0.717) is 28.9 Å². The highest BCUT2D eigenvalue weighted by atomic mass is 127. The minimum atomic E-state index is 0.0358. The van der Waals surface area contributed by atoms with E-state index in [9.17, 15) is 9.90 Å².